The second-order valence-corrected chi connectivity index (χ2v) is 8.61. The highest BCUT2D eigenvalue weighted by Gasteiger charge is 2.29. The molecule has 3 heterocycles. The summed E-state index contributed by atoms with van der Waals surface area (Å²) in [6.07, 6.45) is 5.74. The number of nitrogens with two attached hydrogens (primary N) is 1. The fourth-order valence-electron chi connectivity index (χ4n) is 4.66. The molecular formula is C23H30N6O. The van der Waals surface area contributed by atoms with Crippen molar-refractivity contribution >= 4 is 22.6 Å². The average molecular weight is 407 g/mol. The molecule has 0 bridgehead atoms. The zero-order chi connectivity index (χ0) is 21.6. The SMILES string of the molecule is Cc1cc2c(ccn2-c2ncnc(N)c2C)c(C2CCCN(C)C2)c1C(=O)N(C)C. The van der Waals surface area contributed by atoms with Gasteiger partial charge in [0.15, 0.2) is 0 Å². The van der Waals surface area contributed by atoms with Crippen LogP contribution in [0.15, 0.2) is 24.7 Å². The molecule has 0 aliphatic carbocycles. The Labute approximate surface area is 177 Å². The van der Waals surface area contributed by atoms with Crippen molar-refractivity contribution in [3.63, 3.8) is 0 Å². The summed E-state index contributed by atoms with van der Waals surface area (Å²) in [5, 5.41) is 1.11. The van der Waals surface area contributed by atoms with E-state index in [1.807, 2.05) is 34.1 Å². The molecule has 2 N–H and O–H groups in total. The molecule has 1 aliphatic rings. The van der Waals surface area contributed by atoms with Crippen molar-refractivity contribution in [2.75, 3.05) is 40.0 Å². The highest BCUT2D eigenvalue weighted by Crippen LogP contribution is 2.38. The first kappa shape index (κ1) is 20.3. The summed E-state index contributed by atoms with van der Waals surface area (Å²) in [5.41, 5.74) is 10.9. The lowest BCUT2D eigenvalue weighted by Gasteiger charge is -2.32. The fraction of sp³-hybridized carbons (Fsp3) is 0.435. The molecule has 0 radical (unpaired) electrons. The standard InChI is InChI=1S/C23H30N6O/c1-14-11-18-17(8-10-29(18)22-15(2)21(24)25-13-26-22)20(19(14)23(30)27(3)4)16-7-6-9-28(5)12-16/h8,10-11,13,16H,6-7,9,12H2,1-5H3,(H2,24,25,26). The average Bonchev–Trinajstić information content (AvgIpc) is 3.11. The van der Waals surface area contributed by atoms with E-state index in [2.05, 4.69) is 38.6 Å². The Morgan fingerprint density at radius 3 is 2.73 bits per heavy atom. The second kappa shape index (κ2) is 7.72. The lowest BCUT2D eigenvalue weighted by Crippen LogP contribution is -2.33. The number of aryl methyl sites for hydroxylation is 1. The Kier molecular flexibility index (Phi) is 5.24. The third-order valence-corrected chi connectivity index (χ3v) is 6.21. The van der Waals surface area contributed by atoms with Gasteiger partial charge in [0.1, 0.15) is 18.0 Å². The van der Waals surface area contributed by atoms with E-state index in [4.69, 9.17) is 5.73 Å². The Morgan fingerprint density at radius 1 is 1.27 bits per heavy atom. The highest BCUT2D eigenvalue weighted by molar-refractivity contribution is 6.03. The number of benzene rings is 1. The van der Waals surface area contributed by atoms with Crippen LogP contribution in [0.2, 0.25) is 0 Å². The number of hydrogen-bond donors (Lipinski definition) is 1. The van der Waals surface area contributed by atoms with Gasteiger partial charge in [-0.1, -0.05) is 0 Å². The van der Waals surface area contributed by atoms with Crippen molar-refractivity contribution in [2.24, 2.45) is 0 Å². The molecule has 0 spiro atoms. The van der Waals surface area contributed by atoms with Crippen LogP contribution in [0.3, 0.4) is 0 Å². The fourth-order valence-corrected chi connectivity index (χ4v) is 4.66. The number of nitrogens with zero attached hydrogens (tertiary/aromatic N) is 5. The maximum absolute atomic E-state index is 13.2. The van der Waals surface area contributed by atoms with Gasteiger partial charge in [0.25, 0.3) is 5.91 Å². The molecule has 30 heavy (non-hydrogen) atoms. The van der Waals surface area contributed by atoms with E-state index in [1.54, 1.807) is 4.90 Å². The number of anilines is 1. The summed E-state index contributed by atoms with van der Waals surface area (Å²) in [6, 6.07) is 4.21. The predicted molar refractivity (Wildman–Crippen MR) is 120 cm³/mol. The molecule has 4 rings (SSSR count). The molecule has 158 valence electrons. The number of fused-ring (bicyclic) bond motifs is 1. The van der Waals surface area contributed by atoms with Crippen molar-refractivity contribution in [1.29, 1.82) is 0 Å². The van der Waals surface area contributed by atoms with Gasteiger partial charge in [-0.15, -0.1) is 0 Å². The van der Waals surface area contributed by atoms with E-state index in [9.17, 15) is 4.79 Å². The summed E-state index contributed by atoms with van der Waals surface area (Å²) >= 11 is 0. The Morgan fingerprint density at radius 2 is 2.03 bits per heavy atom. The Balaban J connectivity index is 2.00. The number of nitrogen functional groups attached to an aromatic ring is 1. The lowest BCUT2D eigenvalue weighted by molar-refractivity contribution is 0.0824. The van der Waals surface area contributed by atoms with Gasteiger partial charge in [-0.25, -0.2) is 9.97 Å². The number of amides is 1. The molecule has 1 amide bonds. The summed E-state index contributed by atoms with van der Waals surface area (Å²) in [5.74, 6) is 1.63. The van der Waals surface area contributed by atoms with Crippen LogP contribution in [-0.2, 0) is 0 Å². The zero-order valence-corrected chi connectivity index (χ0v) is 18.4. The number of rotatable bonds is 3. The minimum atomic E-state index is 0.0628. The molecule has 1 aliphatic heterocycles. The molecule has 1 fully saturated rings. The number of carbonyl (C=O) groups is 1. The quantitative estimate of drug-likeness (QED) is 0.723. The largest absolute Gasteiger partial charge is 0.383 e. The van der Waals surface area contributed by atoms with Crippen molar-refractivity contribution in [2.45, 2.75) is 32.6 Å². The normalized spacial score (nSPS) is 17.4. The number of aromatic nitrogens is 3. The topological polar surface area (TPSA) is 80.3 Å². The first-order valence-corrected chi connectivity index (χ1v) is 10.4. The molecule has 7 heteroatoms. The maximum atomic E-state index is 13.2. The van der Waals surface area contributed by atoms with Gasteiger partial charge in [-0.2, -0.15) is 0 Å². The smallest absolute Gasteiger partial charge is 0.253 e. The van der Waals surface area contributed by atoms with Crippen LogP contribution in [0.4, 0.5) is 5.82 Å². The van der Waals surface area contributed by atoms with Crippen molar-refractivity contribution in [3.05, 3.63) is 46.9 Å². The third kappa shape index (κ3) is 3.33. The van der Waals surface area contributed by atoms with E-state index in [1.165, 1.54) is 6.33 Å². The van der Waals surface area contributed by atoms with Gasteiger partial charge in [-0.05, 0) is 69.5 Å². The highest BCUT2D eigenvalue weighted by atomic mass is 16.2. The van der Waals surface area contributed by atoms with Crippen LogP contribution in [0, 0.1) is 13.8 Å². The van der Waals surface area contributed by atoms with E-state index >= 15 is 0 Å². The molecule has 1 aromatic carbocycles. The number of carbonyl (C=O) groups excluding carboxylic acids is 1. The summed E-state index contributed by atoms with van der Waals surface area (Å²) in [6.45, 7) is 6.02. The molecule has 3 aromatic rings. The number of likely N-dealkylation sites (N-methyl/N-ethyl adjacent to an activating group) is 1. The first-order chi connectivity index (χ1) is 14.3. The van der Waals surface area contributed by atoms with Crippen LogP contribution >= 0.6 is 0 Å². The van der Waals surface area contributed by atoms with Crippen LogP contribution in [0.1, 0.15) is 45.8 Å². The summed E-state index contributed by atoms with van der Waals surface area (Å²) in [4.78, 5) is 25.8. The van der Waals surface area contributed by atoms with E-state index in [-0.39, 0.29) is 5.91 Å². The summed E-state index contributed by atoms with van der Waals surface area (Å²) < 4.78 is 2.07. The van der Waals surface area contributed by atoms with Gasteiger partial charge >= 0.3 is 0 Å². The van der Waals surface area contributed by atoms with E-state index in [0.717, 1.165) is 64.9 Å². The van der Waals surface area contributed by atoms with Gasteiger partial charge in [0, 0.05) is 43.4 Å². The van der Waals surface area contributed by atoms with Crippen molar-refractivity contribution in [1.82, 2.24) is 24.3 Å². The number of piperidine rings is 1. The van der Waals surface area contributed by atoms with Crippen LogP contribution in [0.25, 0.3) is 16.7 Å². The van der Waals surface area contributed by atoms with Gasteiger partial charge < -0.3 is 20.1 Å². The molecule has 7 nitrogen and oxygen atoms in total. The van der Waals surface area contributed by atoms with Crippen molar-refractivity contribution < 1.29 is 4.79 Å². The molecule has 1 atom stereocenters. The minimum absolute atomic E-state index is 0.0628. The number of likely N-dealkylation sites (tertiary alicyclic amines) is 1. The predicted octanol–water partition coefficient (Wildman–Crippen LogP) is 3.13. The Hall–Kier alpha value is -2.93. The molecule has 2 aromatic heterocycles. The Bertz CT molecular complexity index is 1120. The van der Waals surface area contributed by atoms with Gasteiger partial charge in [0.05, 0.1) is 5.52 Å². The van der Waals surface area contributed by atoms with E-state index < -0.39 is 0 Å². The van der Waals surface area contributed by atoms with Crippen LogP contribution in [-0.4, -0.2) is 64.5 Å². The lowest BCUT2D eigenvalue weighted by atomic mass is 9.83. The minimum Gasteiger partial charge on any atom is -0.383 e. The van der Waals surface area contributed by atoms with Gasteiger partial charge in [0.2, 0.25) is 0 Å². The maximum Gasteiger partial charge on any atom is 0.253 e. The first-order valence-electron chi connectivity index (χ1n) is 10.4. The van der Waals surface area contributed by atoms with Crippen LogP contribution in [0.5, 0.6) is 0 Å². The monoisotopic (exact) mass is 406 g/mol. The molecular weight excluding hydrogens is 376 g/mol. The molecule has 0 saturated carbocycles. The molecule has 1 saturated heterocycles. The van der Waals surface area contributed by atoms with Crippen molar-refractivity contribution in [3.8, 4) is 5.82 Å². The van der Waals surface area contributed by atoms with Gasteiger partial charge in [-0.3, -0.25) is 4.79 Å². The van der Waals surface area contributed by atoms with E-state index in [0.29, 0.717) is 11.7 Å². The summed E-state index contributed by atoms with van der Waals surface area (Å²) in [7, 11) is 5.80. The van der Waals surface area contributed by atoms with Crippen LogP contribution < -0.4 is 5.73 Å². The number of hydrogen-bond acceptors (Lipinski definition) is 5. The zero-order valence-electron chi connectivity index (χ0n) is 18.4. The second-order valence-electron chi connectivity index (χ2n) is 8.61. The molecule has 1 unspecified atom stereocenters. The third-order valence-electron chi connectivity index (χ3n) is 6.21.